The predicted molar refractivity (Wildman–Crippen MR) is 70.6 cm³/mol. The molecule has 2 heterocycles. The molecule has 0 spiro atoms. The third-order valence-corrected chi connectivity index (χ3v) is 3.61. The van der Waals surface area contributed by atoms with Gasteiger partial charge in [-0.2, -0.15) is 5.10 Å². The molecule has 1 aliphatic heterocycles. The van der Waals surface area contributed by atoms with E-state index in [1.165, 1.54) is 15.7 Å². The van der Waals surface area contributed by atoms with Crippen LogP contribution >= 0.6 is 11.6 Å². The first-order valence-electron chi connectivity index (χ1n) is 5.92. The summed E-state index contributed by atoms with van der Waals surface area (Å²) in [7, 11) is 1.72. The van der Waals surface area contributed by atoms with Crippen molar-refractivity contribution < 1.29 is 15.0 Å². The molecular weight excluding hydrogens is 270 g/mol. The van der Waals surface area contributed by atoms with Gasteiger partial charge in [0, 0.05) is 31.8 Å². The van der Waals surface area contributed by atoms with Crippen LogP contribution in [0.25, 0.3) is 6.08 Å². The summed E-state index contributed by atoms with van der Waals surface area (Å²) in [4.78, 5) is 13.3. The Kier molecular flexibility index (Phi) is 3.93. The number of rotatable bonds is 2. The number of aromatic nitrogens is 2. The van der Waals surface area contributed by atoms with Crippen molar-refractivity contribution in [1.82, 2.24) is 14.7 Å². The molecule has 1 saturated heterocycles. The van der Waals surface area contributed by atoms with Gasteiger partial charge in [-0.25, -0.2) is 0 Å². The molecule has 0 aromatic carbocycles. The Balaban J connectivity index is 2.09. The van der Waals surface area contributed by atoms with Crippen molar-refractivity contribution in [3.63, 3.8) is 0 Å². The minimum atomic E-state index is -0.874. The number of hydrogen-bond acceptors (Lipinski definition) is 4. The van der Waals surface area contributed by atoms with Gasteiger partial charge in [0.2, 0.25) is 5.91 Å². The van der Waals surface area contributed by atoms with Crippen molar-refractivity contribution in [3.05, 3.63) is 22.5 Å². The van der Waals surface area contributed by atoms with Crippen LogP contribution in [0.3, 0.4) is 0 Å². The fraction of sp³-hybridized carbons (Fsp3) is 0.500. The Morgan fingerprint density at radius 2 is 2.00 bits per heavy atom. The fourth-order valence-corrected chi connectivity index (χ4v) is 2.28. The van der Waals surface area contributed by atoms with E-state index in [4.69, 9.17) is 11.6 Å². The van der Waals surface area contributed by atoms with Gasteiger partial charge in [-0.05, 0) is 13.0 Å². The van der Waals surface area contributed by atoms with Gasteiger partial charge in [-0.1, -0.05) is 11.6 Å². The molecule has 2 unspecified atom stereocenters. The molecule has 1 fully saturated rings. The van der Waals surface area contributed by atoms with Gasteiger partial charge in [0.15, 0.2) is 0 Å². The monoisotopic (exact) mass is 285 g/mol. The van der Waals surface area contributed by atoms with Gasteiger partial charge in [-0.3, -0.25) is 9.48 Å². The van der Waals surface area contributed by atoms with E-state index in [0.717, 1.165) is 5.69 Å². The first-order valence-corrected chi connectivity index (χ1v) is 6.30. The number of amides is 1. The average Bonchev–Trinajstić information content (AvgIpc) is 2.80. The number of nitrogens with zero attached hydrogens (tertiary/aromatic N) is 3. The second-order valence-electron chi connectivity index (χ2n) is 4.62. The summed E-state index contributed by atoms with van der Waals surface area (Å²) in [6, 6.07) is 0. The van der Waals surface area contributed by atoms with Crippen LogP contribution in [0.1, 0.15) is 11.3 Å². The Hall–Kier alpha value is -1.37. The minimum absolute atomic E-state index is 0.143. The maximum Gasteiger partial charge on any atom is 0.246 e. The topological polar surface area (TPSA) is 78.6 Å². The number of carbonyl (C=O) groups excluding carboxylic acids is 1. The third kappa shape index (κ3) is 2.80. The number of halogens is 1. The molecular formula is C12H16ClN3O3. The van der Waals surface area contributed by atoms with Crippen LogP contribution in [-0.2, 0) is 11.8 Å². The molecule has 1 aliphatic rings. The minimum Gasteiger partial charge on any atom is -0.388 e. The summed E-state index contributed by atoms with van der Waals surface area (Å²) in [5, 5.41) is 23.4. The van der Waals surface area contributed by atoms with Gasteiger partial charge in [0.1, 0.15) is 5.15 Å². The van der Waals surface area contributed by atoms with Crippen LogP contribution < -0.4 is 0 Å². The smallest absolute Gasteiger partial charge is 0.246 e. The zero-order valence-electron chi connectivity index (χ0n) is 10.7. The Morgan fingerprint density at radius 1 is 1.42 bits per heavy atom. The maximum atomic E-state index is 11.9. The summed E-state index contributed by atoms with van der Waals surface area (Å²) < 4.78 is 1.53. The van der Waals surface area contributed by atoms with Crippen molar-refractivity contribution in [3.8, 4) is 0 Å². The largest absolute Gasteiger partial charge is 0.388 e. The van der Waals surface area contributed by atoms with Crippen molar-refractivity contribution in [2.45, 2.75) is 19.1 Å². The van der Waals surface area contributed by atoms with E-state index in [2.05, 4.69) is 5.10 Å². The first-order chi connectivity index (χ1) is 8.90. The van der Waals surface area contributed by atoms with Crippen molar-refractivity contribution in [2.24, 2.45) is 7.05 Å². The molecule has 7 heteroatoms. The van der Waals surface area contributed by atoms with Crippen LogP contribution in [0, 0.1) is 6.92 Å². The molecule has 2 rings (SSSR count). The maximum absolute atomic E-state index is 11.9. The Morgan fingerprint density at radius 3 is 2.47 bits per heavy atom. The van der Waals surface area contributed by atoms with Crippen molar-refractivity contribution in [2.75, 3.05) is 13.1 Å². The van der Waals surface area contributed by atoms with E-state index >= 15 is 0 Å². The number of aliphatic hydroxyl groups is 2. The summed E-state index contributed by atoms with van der Waals surface area (Å²) in [5.74, 6) is -0.269. The number of β-amino-alcohol motifs (C(OH)–C–C–N with tert-alkyl or cyclic N) is 2. The molecule has 6 nitrogen and oxygen atoms in total. The fourth-order valence-electron chi connectivity index (χ4n) is 2.05. The van der Waals surface area contributed by atoms with Gasteiger partial charge in [-0.15, -0.1) is 0 Å². The average molecular weight is 286 g/mol. The lowest BCUT2D eigenvalue weighted by Crippen LogP contribution is -2.27. The molecule has 2 atom stereocenters. The van der Waals surface area contributed by atoms with Crippen LogP contribution in [0.2, 0.25) is 5.15 Å². The lowest BCUT2D eigenvalue weighted by molar-refractivity contribution is -0.125. The summed E-state index contributed by atoms with van der Waals surface area (Å²) >= 11 is 6.05. The summed E-state index contributed by atoms with van der Waals surface area (Å²) in [6.07, 6.45) is 1.23. The molecule has 0 radical (unpaired) electrons. The van der Waals surface area contributed by atoms with Gasteiger partial charge < -0.3 is 15.1 Å². The molecule has 2 N–H and O–H groups in total. The number of carbonyl (C=O) groups is 1. The second-order valence-corrected chi connectivity index (χ2v) is 4.98. The summed E-state index contributed by atoms with van der Waals surface area (Å²) in [5.41, 5.74) is 1.43. The predicted octanol–water partition coefficient (Wildman–Crippen LogP) is -0.0409. The van der Waals surface area contributed by atoms with E-state index in [1.807, 2.05) is 0 Å². The van der Waals surface area contributed by atoms with E-state index in [-0.39, 0.29) is 19.0 Å². The van der Waals surface area contributed by atoms with Gasteiger partial charge >= 0.3 is 0 Å². The Labute approximate surface area is 115 Å². The van der Waals surface area contributed by atoms with E-state index < -0.39 is 12.2 Å². The van der Waals surface area contributed by atoms with Gasteiger partial charge in [0.25, 0.3) is 0 Å². The standard InChI is InChI=1S/C12H16ClN3O3/c1-7-8(12(13)15(2)14-7)3-4-11(19)16-5-9(17)10(18)6-16/h3-4,9-10,17-18H,5-6H2,1-2H3/b4-3+. The van der Waals surface area contributed by atoms with E-state index in [0.29, 0.717) is 10.7 Å². The zero-order chi connectivity index (χ0) is 14.2. The van der Waals surface area contributed by atoms with Gasteiger partial charge in [0.05, 0.1) is 17.9 Å². The number of aryl methyl sites for hydroxylation is 2. The molecule has 0 saturated carbocycles. The third-order valence-electron chi connectivity index (χ3n) is 3.16. The van der Waals surface area contributed by atoms with Crippen LogP contribution in [-0.4, -0.2) is 56.1 Å². The van der Waals surface area contributed by atoms with E-state index in [1.54, 1.807) is 20.0 Å². The molecule has 1 aromatic rings. The number of hydrogen-bond donors (Lipinski definition) is 2. The summed E-state index contributed by atoms with van der Waals surface area (Å²) in [6.45, 7) is 2.09. The van der Waals surface area contributed by atoms with Crippen LogP contribution in [0.15, 0.2) is 6.08 Å². The molecule has 0 bridgehead atoms. The zero-order valence-corrected chi connectivity index (χ0v) is 11.5. The van der Waals surface area contributed by atoms with Crippen molar-refractivity contribution in [1.29, 1.82) is 0 Å². The highest BCUT2D eigenvalue weighted by Crippen LogP contribution is 2.20. The second kappa shape index (κ2) is 5.32. The SMILES string of the molecule is Cc1nn(C)c(Cl)c1/C=C/C(=O)N1CC(O)C(O)C1. The quantitative estimate of drug-likeness (QED) is 0.748. The lowest BCUT2D eigenvalue weighted by atomic mass is 10.2. The van der Waals surface area contributed by atoms with Crippen LogP contribution in [0.5, 0.6) is 0 Å². The van der Waals surface area contributed by atoms with Crippen molar-refractivity contribution >= 4 is 23.6 Å². The normalized spacial score (nSPS) is 23.5. The molecule has 1 aromatic heterocycles. The van der Waals surface area contributed by atoms with E-state index in [9.17, 15) is 15.0 Å². The Bertz CT molecular complexity index is 517. The number of likely N-dealkylation sites (tertiary alicyclic amines) is 1. The molecule has 104 valence electrons. The molecule has 0 aliphatic carbocycles. The lowest BCUT2D eigenvalue weighted by Gasteiger charge is -2.11. The highest BCUT2D eigenvalue weighted by molar-refractivity contribution is 6.31. The van der Waals surface area contributed by atoms with Crippen LogP contribution in [0.4, 0.5) is 0 Å². The molecule has 1 amide bonds. The number of aliphatic hydroxyl groups excluding tert-OH is 2. The first kappa shape index (κ1) is 14.0. The molecule has 19 heavy (non-hydrogen) atoms. The highest BCUT2D eigenvalue weighted by Gasteiger charge is 2.31. The highest BCUT2D eigenvalue weighted by atomic mass is 35.5.